The summed E-state index contributed by atoms with van der Waals surface area (Å²) in [6.07, 6.45) is -1.66. The van der Waals surface area contributed by atoms with Crippen molar-refractivity contribution in [3.8, 4) is 23.0 Å². The number of nitrogens with one attached hydrogen (secondary N) is 1. The van der Waals surface area contributed by atoms with Crippen molar-refractivity contribution in [1.82, 2.24) is 19.9 Å². The van der Waals surface area contributed by atoms with Crippen LogP contribution in [0.2, 0.25) is 5.02 Å². The van der Waals surface area contributed by atoms with Gasteiger partial charge in [-0.25, -0.2) is 4.98 Å². The van der Waals surface area contributed by atoms with Gasteiger partial charge in [0.15, 0.2) is 11.8 Å². The second kappa shape index (κ2) is 8.84. The zero-order valence-electron chi connectivity index (χ0n) is 17.8. The van der Waals surface area contributed by atoms with Gasteiger partial charge in [0.25, 0.3) is 6.01 Å². The maximum absolute atomic E-state index is 9.89. The first-order valence-corrected chi connectivity index (χ1v) is 10.9. The van der Waals surface area contributed by atoms with Crippen LogP contribution in [0.1, 0.15) is 0 Å². The Labute approximate surface area is 190 Å². The van der Waals surface area contributed by atoms with Gasteiger partial charge in [0.1, 0.15) is 30.7 Å². The Kier molecular flexibility index (Phi) is 5.92. The molecule has 2 N–H and O–H groups in total. The van der Waals surface area contributed by atoms with E-state index in [0.717, 1.165) is 17.9 Å². The van der Waals surface area contributed by atoms with Gasteiger partial charge >= 0.3 is 0 Å². The van der Waals surface area contributed by atoms with Crippen LogP contribution in [0.3, 0.4) is 0 Å². The predicted molar refractivity (Wildman–Crippen MR) is 118 cm³/mol. The van der Waals surface area contributed by atoms with E-state index in [1.165, 1.54) is 0 Å². The van der Waals surface area contributed by atoms with Crippen molar-refractivity contribution in [2.45, 2.75) is 24.4 Å². The van der Waals surface area contributed by atoms with Crippen LogP contribution in [-0.4, -0.2) is 89.8 Å². The number of likely N-dealkylation sites (N-methyl/N-ethyl adjacent to an activating group) is 1. The number of aromatic amines is 1. The molecule has 10 heteroatoms. The van der Waals surface area contributed by atoms with Crippen molar-refractivity contribution < 1.29 is 24.1 Å². The minimum absolute atomic E-state index is 0.245. The maximum Gasteiger partial charge on any atom is 0.296 e. The highest BCUT2D eigenvalue weighted by molar-refractivity contribution is 6.33. The second-order valence-electron chi connectivity index (χ2n) is 8.23. The monoisotopic (exact) mass is 460 g/mol. The lowest BCUT2D eigenvalue weighted by Crippen LogP contribution is -2.34. The molecule has 0 unspecified atom stereocenters. The number of hydrogen-bond acceptors (Lipinski definition) is 8. The number of aromatic nitrogens is 3. The summed E-state index contributed by atoms with van der Waals surface area (Å²) in [5, 5.41) is 10.4. The quantitative estimate of drug-likeness (QED) is 0.553. The number of halogens is 1. The molecule has 5 rings (SSSR count). The average Bonchev–Trinajstić information content (AvgIpc) is 3.45. The third kappa shape index (κ3) is 4.26. The van der Waals surface area contributed by atoms with E-state index in [0.29, 0.717) is 41.1 Å². The number of benzene rings is 1. The fourth-order valence-electron chi connectivity index (χ4n) is 3.90. The molecule has 32 heavy (non-hydrogen) atoms. The molecule has 9 nitrogen and oxygen atoms in total. The van der Waals surface area contributed by atoms with Crippen LogP contribution in [0.4, 0.5) is 0 Å². The molecule has 2 aliphatic rings. The molecule has 2 fully saturated rings. The molecule has 0 spiro atoms. The van der Waals surface area contributed by atoms with Crippen LogP contribution < -0.4 is 9.47 Å². The highest BCUT2D eigenvalue weighted by Crippen LogP contribution is 2.32. The predicted octanol–water partition coefficient (Wildman–Crippen LogP) is 2.12. The molecule has 4 heterocycles. The molecule has 3 aromatic rings. The third-order valence-electron chi connectivity index (χ3n) is 5.58. The first kappa shape index (κ1) is 21.4. The normalized spacial score (nSPS) is 24.9. The summed E-state index contributed by atoms with van der Waals surface area (Å²) in [7, 11) is 4.01. The van der Waals surface area contributed by atoms with Crippen LogP contribution in [0.25, 0.3) is 22.4 Å². The number of aliphatic hydroxyl groups excluding tert-OH is 1. The Balaban J connectivity index is 1.31. The smallest absolute Gasteiger partial charge is 0.296 e. The maximum atomic E-state index is 9.89. The number of nitrogens with zero attached hydrogens (tertiary/aromatic N) is 3. The lowest BCUT2D eigenvalue weighted by atomic mass is 10.1. The molecule has 0 saturated carbocycles. The van der Waals surface area contributed by atoms with Crippen molar-refractivity contribution >= 4 is 22.8 Å². The van der Waals surface area contributed by atoms with E-state index < -0.39 is 6.10 Å². The number of hydrogen-bond donors (Lipinski definition) is 2. The van der Waals surface area contributed by atoms with Crippen LogP contribution >= 0.6 is 11.6 Å². The van der Waals surface area contributed by atoms with E-state index >= 15 is 0 Å². The van der Waals surface area contributed by atoms with Gasteiger partial charge in [-0.05, 0) is 44.4 Å². The highest BCUT2D eigenvalue weighted by atomic mass is 35.5. The summed E-state index contributed by atoms with van der Waals surface area (Å²) >= 11 is 6.51. The van der Waals surface area contributed by atoms with Crippen LogP contribution in [-0.2, 0) is 9.47 Å². The number of pyridine rings is 1. The van der Waals surface area contributed by atoms with Gasteiger partial charge in [-0.2, -0.15) is 4.98 Å². The number of fused-ring (bicyclic) bond motifs is 2. The number of imidazole rings is 1. The van der Waals surface area contributed by atoms with E-state index in [9.17, 15) is 5.11 Å². The fraction of sp³-hybridized carbons (Fsp3) is 0.455. The molecule has 4 atom stereocenters. The van der Waals surface area contributed by atoms with E-state index in [4.69, 9.17) is 30.5 Å². The molecule has 0 amide bonds. The number of aliphatic hydroxyl groups is 1. The summed E-state index contributed by atoms with van der Waals surface area (Å²) in [4.78, 5) is 14.3. The Bertz CT molecular complexity index is 1090. The van der Waals surface area contributed by atoms with Gasteiger partial charge in [-0.15, -0.1) is 0 Å². The largest absolute Gasteiger partial charge is 0.492 e. The lowest BCUT2D eigenvalue weighted by Gasteiger charge is -2.15. The molecule has 2 aromatic heterocycles. The van der Waals surface area contributed by atoms with Crippen molar-refractivity contribution in [3.63, 3.8) is 0 Å². The summed E-state index contributed by atoms with van der Waals surface area (Å²) < 4.78 is 22.9. The van der Waals surface area contributed by atoms with Gasteiger partial charge < -0.3 is 33.9 Å². The summed E-state index contributed by atoms with van der Waals surface area (Å²) in [6, 6.07) is 9.74. The Hall–Kier alpha value is -2.43. The van der Waals surface area contributed by atoms with Gasteiger partial charge in [0, 0.05) is 12.1 Å². The first-order valence-electron chi connectivity index (χ1n) is 10.5. The Morgan fingerprint density at radius 1 is 1.16 bits per heavy atom. The Morgan fingerprint density at radius 3 is 2.72 bits per heavy atom. The first-order chi connectivity index (χ1) is 15.5. The number of rotatable bonds is 7. The topological polar surface area (TPSA) is 102 Å². The molecule has 0 aliphatic carbocycles. The van der Waals surface area contributed by atoms with E-state index in [-0.39, 0.29) is 24.9 Å². The SMILES string of the molecule is CN(C)CCOc1ccc(-c2nc3nc(O[C@@H]4CO[C@H]5[C@@H]4OC[C@H]5O)[nH]c3cc2Cl)cc1. The molecule has 170 valence electrons. The highest BCUT2D eigenvalue weighted by Gasteiger charge is 2.48. The summed E-state index contributed by atoms with van der Waals surface area (Å²) in [5.41, 5.74) is 2.65. The third-order valence-corrected chi connectivity index (χ3v) is 5.87. The van der Waals surface area contributed by atoms with Crippen LogP contribution in [0, 0.1) is 0 Å². The summed E-state index contributed by atoms with van der Waals surface area (Å²) in [5.74, 6) is 0.791. The van der Waals surface area contributed by atoms with E-state index in [1.54, 1.807) is 6.07 Å². The van der Waals surface area contributed by atoms with Gasteiger partial charge in [-0.1, -0.05) is 11.6 Å². The van der Waals surface area contributed by atoms with Crippen molar-refractivity contribution in [3.05, 3.63) is 35.4 Å². The Morgan fingerprint density at radius 2 is 1.94 bits per heavy atom. The standard InChI is InChI=1S/C22H25ClN4O5/c1-27(2)7-8-29-13-5-3-12(4-6-13)18-14(23)9-15-21(25-18)26-22(24-15)32-17-11-31-19-16(28)10-30-20(17)19/h3-6,9,16-17,19-20,28H,7-8,10-11H2,1-2H3,(H,24,25,26)/t16-,17-,19-,20-/m1/s1. The number of ether oxygens (including phenoxy) is 4. The average molecular weight is 461 g/mol. The van der Waals surface area contributed by atoms with E-state index in [1.807, 2.05) is 38.4 Å². The lowest BCUT2D eigenvalue weighted by molar-refractivity contribution is 0.00706. The number of H-pyrrole nitrogens is 1. The van der Waals surface area contributed by atoms with E-state index in [2.05, 4.69) is 19.9 Å². The van der Waals surface area contributed by atoms with Gasteiger partial charge in [0.05, 0.1) is 29.4 Å². The molecule has 0 bridgehead atoms. The van der Waals surface area contributed by atoms with Crippen LogP contribution in [0.5, 0.6) is 11.8 Å². The molecular formula is C22H25ClN4O5. The molecule has 0 radical (unpaired) electrons. The zero-order valence-corrected chi connectivity index (χ0v) is 18.6. The molecule has 2 saturated heterocycles. The minimum Gasteiger partial charge on any atom is -0.492 e. The van der Waals surface area contributed by atoms with Gasteiger partial charge in [0.2, 0.25) is 0 Å². The fourth-order valence-corrected chi connectivity index (χ4v) is 4.16. The van der Waals surface area contributed by atoms with Crippen LogP contribution in [0.15, 0.2) is 30.3 Å². The molecular weight excluding hydrogens is 436 g/mol. The zero-order chi connectivity index (χ0) is 22.2. The minimum atomic E-state index is -0.628. The van der Waals surface area contributed by atoms with Crippen molar-refractivity contribution in [2.75, 3.05) is 40.5 Å². The molecule has 1 aromatic carbocycles. The summed E-state index contributed by atoms with van der Waals surface area (Å²) in [6.45, 7) is 2.03. The van der Waals surface area contributed by atoms with Crippen molar-refractivity contribution in [1.29, 1.82) is 0 Å². The van der Waals surface area contributed by atoms with Crippen molar-refractivity contribution in [2.24, 2.45) is 0 Å². The van der Waals surface area contributed by atoms with Gasteiger partial charge in [-0.3, -0.25) is 0 Å². The second-order valence-corrected chi connectivity index (χ2v) is 8.63. The molecule has 2 aliphatic heterocycles.